The Hall–Kier alpha value is -3.02. The molecule has 0 saturated carbocycles. The number of aliphatic hydroxyl groups is 8. The van der Waals surface area contributed by atoms with E-state index in [1.807, 2.05) is 26.0 Å². The molecule has 0 bridgehead atoms. The SMILES string of the molecule is COc1ccc(C2CCc3ccc(O[C@@H]4O[C@H](CO)[C@@H](O)[C@H](O)[C@H]4O)c(CC=C(C)C)c3O2)c(O[C@@H]2O[C@H](CO)[C@@H](O)[C@H](O)[C@H]2O)c1. The summed E-state index contributed by atoms with van der Waals surface area (Å²) >= 11 is 0. The van der Waals surface area contributed by atoms with Gasteiger partial charge in [0.2, 0.25) is 12.6 Å². The number of allylic oxidation sites excluding steroid dienone is 2. The van der Waals surface area contributed by atoms with Gasteiger partial charge < -0.3 is 69.3 Å². The van der Waals surface area contributed by atoms with Crippen molar-refractivity contribution in [3.8, 4) is 23.0 Å². The highest BCUT2D eigenvalue weighted by molar-refractivity contribution is 5.53. The van der Waals surface area contributed by atoms with Gasteiger partial charge in [-0.15, -0.1) is 0 Å². The van der Waals surface area contributed by atoms with Crippen LogP contribution in [0.25, 0.3) is 0 Å². The van der Waals surface area contributed by atoms with Gasteiger partial charge in [0.25, 0.3) is 0 Å². The van der Waals surface area contributed by atoms with Crippen LogP contribution in [0.4, 0.5) is 0 Å². The van der Waals surface area contributed by atoms with E-state index in [9.17, 15) is 40.9 Å². The average molecular weight is 665 g/mol. The molecule has 14 heteroatoms. The molecule has 2 saturated heterocycles. The molecule has 0 spiro atoms. The molecule has 0 aromatic heterocycles. The van der Waals surface area contributed by atoms with Crippen molar-refractivity contribution in [3.63, 3.8) is 0 Å². The normalized spacial score (nSPS) is 33.7. The molecule has 3 aliphatic rings. The van der Waals surface area contributed by atoms with Gasteiger partial charge >= 0.3 is 0 Å². The van der Waals surface area contributed by atoms with Crippen LogP contribution in [0, 0.1) is 0 Å². The second-order valence-corrected chi connectivity index (χ2v) is 12.2. The number of hydrogen-bond donors (Lipinski definition) is 8. The highest BCUT2D eigenvalue weighted by Gasteiger charge is 2.46. The summed E-state index contributed by atoms with van der Waals surface area (Å²) in [6.45, 7) is 2.68. The van der Waals surface area contributed by atoms with E-state index in [0.717, 1.165) is 11.1 Å². The minimum Gasteiger partial charge on any atom is -0.497 e. The van der Waals surface area contributed by atoms with E-state index in [1.165, 1.54) is 7.11 Å². The van der Waals surface area contributed by atoms with Gasteiger partial charge in [-0.25, -0.2) is 0 Å². The molecule has 260 valence electrons. The number of rotatable bonds is 10. The molecule has 8 N–H and O–H groups in total. The number of ether oxygens (including phenoxy) is 6. The molecule has 2 aromatic carbocycles. The Labute approximate surface area is 271 Å². The molecule has 0 aliphatic carbocycles. The van der Waals surface area contributed by atoms with E-state index >= 15 is 0 Å². The van der Waals surface area contributed by atoms with Gasteiger partial charge in [0.05, 0.1) is 20.3 Å². The van der Waals surface area contributed by atoms with Crippen LogP contribution in [-0.4, -0.2) is 123 Å². The van der Waals surface area contributed by atoms with E-state index in [-0.39, 0.29) is 5.75 Å². The molecule has 11 atom stereocenters. The maximum atomic E-state index is 10.6. The quantitative estimate of drug-likeness (QED) is 0.152. The molecule has 14 nitrogen and oxygen atoms in total. The molecule has 47 heavy (non-hydrogen) atoms. The van der Waals surface area contributed by atoms with Crippen LogP contribution in [0.1, 0.15) is 43.1 Å². The highest BCUT2D eigenvalue weighted by Crippen LogP contribution is 2.45. The number of aryl methyl sites for hydroxylation is 1. The van der Waals surface area contributed by atoms with Gasteiger partial charge in [-0.3, -0.25) is 0 Å². The lowest BCUT2D eigenvalue weighted by Gasteiger charge is -2.40. The van der Waals surface area contributed by atoms with Crippen molar-refractivity contribution in [1.29, 1.82) is 0 Å². The van der Waals surface area contributed by atoms with E-state index in [4.69, 9.17) is 28.4 Å². The van der Waals surface area contributed by atoms with Gasteiger partial charge in [0.1, 0.15) is 77.9 Å². The van der Waals surface area contributed by atoms with Crippen LogP contribution in [0.2, 0.25) is 0 Å². The molecule has 1 unspecified atom stereocenters. The van der Waals surface area contributed by atoms with Gasteiger partial charge in [0.15, 0.2) is 0 Å². The molecule has 3 heterocycles. The zero-order valence-electron chi connectivity index (χ0n) is 26.4. The Bertz CT molecular complexity index is 1390. The monoisotopic (exact) mass is 664 g/mol. The van der Waals surface area contributed by atoms with Gasteiger partial charge in [-0.2, -0.15) is 0 Å². The largest absolute Gasteiger partial charge is 0.497 e. The standard InChI is InChI=1S/C33H44O14/c1-15(2)4-8-19-21(44-32-29(40)27(38)25(36)23(13-34)46-32)11-6-16-5-10-20(43-31(16)19)18-9-7-17(42-3)12-22(18)45-33-30(41)28(39)26(37)24(14-35)47-33/h4,6-7,9,11-12,20,23-30,32-41H,5,8,10,13-14H2,1-3H3/t20?,23-,24-,25-,26-,27+,28+,29-,30-,32-,33-/m1/s1. The van der Waals surface area contributed by atoms with E-state index in [1.54, 1.807) is 24.3 Å². The summed E-state index contributed by atoms with van der Waals surface area (Å²) in [6, 6.07) is 8.60. The Morgan fingerprint density at radius 2 is 1.38 bits per heavy atom. The topological polar surface area (TPSA) is 217 Å². The van der Waals surface area contributed by atoms with Crippen molar-refractivity contribution >= 4 is 0 Å². The average Bonchev–Trinajstić information content (AvgIpc) is 3.07. The lowest BCUT2D eigenvalue weighted by molar-refractivity contribution is -0.277. The van der Waals surface area contributed by atoms with Crippen LogP contribution in [0.15, 0.2) is 42.0 Å². The van der Waals surface area contributed by atoms with Crippen molar-refractivity contribution in [3.05, 3.63) is 58.7 Å². The first kappa shape index (κ1) is 35.3. The predicted molar refractivity (Wildman–Crippen MR) is 163 cm³/mol. The van der Waals surface area contributed by atoms with E-state index in [2.05, 4.69) is 0 Å². The summed E-state index contributed by atoms with van der Waals surface area (Å²) in [4.78, 5) is 0. The first-order valence-corrected chi connectivity index (χ1v) is 15.5. The minimum absolute atomic E-state index is 0.224. The first-order valence-electron chi connectivity index (χ1n) is 15.5. The van der Waals surface area contributed by atoms with Gasteiger partial charge in [-0.05, 0) is 56.9 Å². The molecule has 2 aromatic rings. The van der Waals surface area contributed by atoms with Crippen molar-refractivity contribution in [1.82, 2.24) is 0 Å². The maximum absolute atomic E-state index is 10.6. The second-order valence-electron chi connectivity index (χ2n) is 12.2. The van der Waals surface area contributed by atoms with Crippen LogP contribution in [0.3, 0.4) is 0 Å². The molecule has 0 radical (unpaired) electrons. The fourth-order valence-electron chi connectivity index (χ4n) is 5.91. The van der Waals surface area contributed by atoms with Crippen LogP contribution in [0.5, 0.6) is 23.0 Å². The first-order chi connectivity index (χ1) is 22.5. The fourth-order valence-corrected chi connectivity index (χ4v) is 5.91. The number of methoxy groups -OCH3 is 1. The Morgan fingerprint density at radius 1 is 0.787 bits per heavy atom. The lowest BCUT2D eigenvalue weighted by Crippen LogP contribution is -2.60. The predicted octanol–water partition coefficient (Wildman–Crippen LogP) is -0.372. The summed E-state index contributed by atoms with van der Waals surface area (Å²) in [7, 11) is 1.48. The van der Waals surface area contributed by atoms with E-state index < -0.39 is 80.7 Å². The third-order valence-corrected chi connectivity index (χ3v) is 8.70. The van der Waals surface area contributed by atoms with Crippen molar-refractivity contribution in [2.75, 3.05) is 20.3 Å². The molecule has 2 fully saturated rings. The summed E-state index contributed by atoms with van der Waals surface area (Å²) in [5.41, 5.74) is 3.13. The van der Waals surface area contributed by atoms with Crippen molar-refractivity contribution in [2.24, 2.45) is 0 Å². The van der Waals surface area contributed by atoms with Crippen molar-refractivity contribution in [2.45, 2.75) is 101 Å². The summed E-state index contributed by atoms with van der Waals surface area (Å²) in [5.74, 6) is 1.49. The molecule has 5 rings (SSSR count). The minimum atomic E-state index is -1.63. The third-order valence-electron chi connectivity index (χ3n) is 8.70. The Kier molecular flexibility index (Phi) is 11.3. The van der Waals surface area contributed by atoms with Crippen LogP contribution < -0.4 is 18.9 Å². The number of hydrogen-bond acceptors (Lipinski definition) is 14. The van der Waals surface area contributed by atoms with Crippen molar-refractivity contribution < 1.29 is 69.3 Å². The molecular weight excluding hydrogens is 620 g/mol. The maximum Gasteiger partial charge on any atom is 0.229 e. The summed E-state index contributed by atoms with van der Waals surface area (Å²) in [5, 5.41) is 81.6. The molecule has 0 amide bonds. The zero-order valence-corrected chi connectivity index (χ0v) is 26.4. The smallest absolute Gasteiger partial charge is 0.229 e. The number of benzene rings is 2. The molecule has 3 aliphatic heterocycles. The van der Waals surface area contributed by atoms with Crippen LogP contribution >= 0.6 is 0 Å². The summed E-state index contributed by atoms with van der Waals surface area (Å²) < 4.78 is 35.4. The Morgan fingerprint density at radius 3 is 1.94 bits per heavy atom. The highest BCUT2D eigenvalue weighted by atomic mass is 16.7. The second kappa shape index (κ2) is 15.0. The zero-order chi connectivity index (χ0) is 34.0. The summed E-state index contributed by atoms with van der Waals surface area (Å²) in [6.07, 6.45) is -11.8. The van der Waals surface area contributed by atoms with Crippen LogP contribution in [-0.2, 0) is 22.3 Å². The molecular formula is C33H44O14. The Balaban J connectivity index is 1.47. The van der Waals surface area contributed by atoms with Gasteiger partial charge in [0, 0.05) is 17.2 Å². The fraction of sp³-hybridized carbons (Fsp3) is 0.576. The van der Waals surface area contributed by atoms with Gasteiger partial charge in [-0.1, -0.05) is 17.7 Å². The van der Waals surface area contributed by atoms with E-state index in [0.29, 0.717) is 47.6 Å². The lowest BCUT2D eigenvalue weighted by atomic mass is 9.93. The third kappa shape index (κ3) is 7.37. The number of aliphatic hydroxyl groups excluding tert-OH is 8. The number of fused-ring (bicyclic) bond motifs is 1.